The number of ether oxygens (including phenoxy) is 2. The standard InChI is InChI=1S/C22H21ClN2O7S2/c1-13-3-2-4-15(7-13)32-18-6-5-14(23)8-16(18)25-17-11-34(29,30)12-19(17)33-22(25)24-20(26)9-31-10-21(27)28/h2-8,17,19H,9-12H2,1H3,(H,27,28)/t17-,19+/m0/s1. The fourth-order valence-corrected chi connectivity index (χ4v) is 7.87. The molecule has 0 unspecified atom stereocenters. The van der Waals surface area contributed by atoms with Gasteiger partial charge in [0, 0.05) is 10.3 Å². The summed E-state index contributed by atoms with van der Waals surface area (Å²) in [6.07, 6.45) is 0. The molecule has 0 saturated carbocycles. The molecule has 34 heavy (non-hydrogen) atoms. The number of anilines is 1. The molecule has 2 fully saturated rings. The molecule has 0 aromatic heterocycles. The number of carbonyl (C=O) groups is 2. The lowest BCUT2D eigenvalue weighted by molar-refractivity contribution is -0.143. The third kappa shape index (κ3) is 5.72. The number of hydrogen-bond acceptors (Lipinski definition) is 7. The van der Waals surface area contributed by atoms with Crippen LogP contribution in [0.2, 0.25) is 5.02 Å². The Balaban J connectivity index is 1.71. The van der Waals surface area contributed by atoms with Crippen molar-refractivity contribution in [3.05, 3.63) is 53.1 Å². The first-order valence-electron chi connectivity index (χ1n) is 10.2. The number of halogens is 1. The molecular weight excluding hydrogens is 504 g/mol. The van der Waals surface area contributed by atoms with Gasteiger partial charge < -0.3 is 19.5 Å². The van der Waals surface area contributed by atoms with E-state index in [2.05, 4.69) is 4.99 Å². The number of carbonyl (C=O) groups excluding carboxylic acids is 1. The molecule has 2 aromatic carbocycles. The minimum Gasteiger partial charge on any atom is -0.480 e. The van der Waals surface area contributed by atoms with Gasteiger partial charge in [-0.05, 0) is 42.8 Å². The zero-order valence-electron chi connectivity index (χ0n) is 18.0. The van der Waals surface area contributed by atoms with E-state index in [4.69, 9.17) is 26.2 Å². The average Bonchev–Trinajstić information content (AvgIpc) is 3.19. The molecular formula is C22H21ClN2O7S2. The monoisotopic (exact) mass is 524 g/mol. The van der Waals surface area contributed by atoms with Crippen molar-refractivity contribution < 1.29 is 32.6 Å². The second-order valence-corrected chi connectivity index (χ2v) is 11.7. The largest absolute Gasteiger partial charge is 0.480 e. The summed E-state index contributed by atoms with van der Waals surface area (Å²) in [4.78, 5) is 28.8. The molecule has 2 heterocycles. The summed E-state index contributed by atoms with van der Waals surface area (Å²) in [5, 5.41) is 9.04. The van der Waals surface area contributed by atoms with Gasteiger partial charge in [-0.1, -0.05) is 35.5 Å². The van der Waals surface area contributed by atoms with Crippen molar-refractivity contribution >= 4 is 55.9 Å². The maximum absolute atomic E-state index is 12.4. The zero-order valence-corrected chi connectivity index (χ0v) is 20.4. The topological polar surface area (TPSA) is 123 Å². The maximum Gasteiger partial charge on any atom is 0.329 e. The number of sulfone groups is 1. The van der Waals surface area contributed by atoms with Crippen LogP contribution in [0.3, 0.4) is 0 Å². The van der Waals surface area contributed by atoms with E-state index >= 15 is 0 Å². The summed E-state index contributed by atoms with van der Waals surface area (Å²) in [6, 6.07) is 11.9. The molecule has 0 aliphatic carbocycles. The quantitative estimate of drug-likeness (QED) is 0.581. The molecule has 2 saturated heterocycles. The summed E-state index contributed by atoms with van der Waals surface area (Å²) < 4.78 is 35.7. The number of aliphatic imine (C=N–C) groups is 1. The number of aryl methyl sites for hydroxylation is 1. The molecule has 0 bridgehead atoms. The lowest BCUT2D eigenvalue weighted by atomic mass is 10.2. The van der Waals surface area contributed by atoms with Gasteiger partial charge in [0.1, 0.15) is 19.0 Å². The molecule has 1 N–H and O–H groups in total. The fraction of sp³-hybridized carbons (Fsp3) is 0.318. The second-order valence-electron chi connectivity index (χ2n) is 7.88. The van der Waals surface area contributed by atoms with E-state index in [1.807, 2.05) is 25.1 Å². The predicted molar refractivity (Wildman–Crippen MR) is 130 cm³/mol. The molecule has 9 nitrogen and oxygen atoms in total. The van der Waals surface area contributed by atoms with Gasteiger partial charge in [0.15, 0.2) is 20.8 Å². The molecule has 2 aliphatic heterocycles. The maximum atomic E-state index is 12.4. The van der Waals surface area contributed by atoms with Gasteiger partial charge in [-0.3, -0.25) is 4.79 Å². The van der Waals surface area contributed by atoms with E-state index in [1.165, 1.54) is 11.8 Å². The van der Waals surface area contributed by atoms with Crippen LogP contribution < -0.4 is 9.64 Å². The lowest BCUT2D eigenvalue weighted by Gasteiger charge is -2.26. The van der Waals surface area contributed by atoms with Crippen LogP contribution in [0.1, 0.15) is 5.56 Å². The highest BCUT2D eigenvalue weighted by Crippen LogP contribution is 2.45. The van der Waals surface area contributed by atoms with Crippen molar-refractivity contribution in [2.24, 2.45) is 4.99 Å². The van der Waals surface area contributed by atoms with Crippen LogP contribution in [0.25, 0.3) is 0 Å². The highest BCUT2D eigenvalue weighted by atomic mass is 35.5. The highest BCUT2D eigenvalue weighted by Gasteiger charge is 2.50. The molecule has 0 radical (unpaired) electrons. The number of thioether (sulfide) groups is 1. The smallest absolute Gasteiger partial charge is 0.329 e. The van der Waals surface area contributed by atoms with E-state index in [-0.39, 0.29) is 21.9 Å². The number of nitrogens with zero attached hydrogens (tertiary/aromatic N) is 2. The van der Waals surface area contributed by atoms with Crippen LogP contribution in [0.5, 0.6) is 11.5 Å². The lowest BCUT2D eigenvalue weighted by Crippen LogP contribution is -2.38. The number of carboxylic acids is 1. The van der Waals surface area contributed by atoms with E-state index in [0.29, 0.717) is 22.2 Å². The van der Waals surface area contributed by atoms with Crippen LogP contribution in [0, 0.1) is 6.92 Å². The second kappa shape index (κ2) is 9.95. The van der Waals surface area contributed by atoms with Crippen LogP contribution in [-0.2, 0) is 24.2 Å². The third-order valence-electron chi connectivity index (χ3n) is 5.14. The first kappa shape index (κ1) is 24.5. The van der Waals surface area contributed by atoms with Crippen molar-refractivity contribution in [2.45, 2.75) is 18.2 Å². The molecule has 2 aliphatic rings. The number of hydrogen-bond donors (Lipinski definition) is 1. The SMILES string of the molecule is Cc1cccc(Oc2ccc(Cl)cc2N2C(=NC(=O)COCC(=O)O)S[C@@H]3CS(=O)(=O)C[C@@H]32)c1. The zero-order chi connectivity index (χ0) is 24.5. The van der Waals surface area contributed by atoms with Crippen molar-refractivity contribution in [2.75, 3.05) is 29.6 Å². The van der Waals surface area contributed by atoms with E-state index in [0.717, 1.165) is 5.56 Å². The summed E-state index contributed by atoms with van der Waals surface area (Å²) >= 11 is 7.47. The molecule has 0 spiro atoms. The third-order valence-corrected chi connectivity index (χ3v) is 8.58. The number of carboxylic acid groups (broad SMARTS) is 1. The summed E-state index contributed by atoms with van der Waals surface area (Å²) in [6.45, 7) is 0.795. The molecule has 4 rings (SSSR count). The first-order valence-corrected chi connectivity index (χ1v) is 13.3. The summed E-state index contributed by atoms with van der Waals surface area (Å²) in [5.74, 6) is -1.03. The number of amides is 1. The fourth-order valence-electron chi connectivity index (χ4n) is 3.78. The number of aliphatic carboxylic acids is 1. The van der Waals surface area contributed by atoms with Crippen LogP contribution in [-0.4, -0.2) is 66.6 Å². The summed E-state index contributed by atoms with van der Waals surface area (Å²) in [5.41, 5.74) is 1.48. The Labute approximate surface area is 205 Å². The molecule has 2 aromatic rings. The van der Waals surface area contributed by atoms with Crippen molar-refractivity contribution in [3.8, 4) is 11.5 Å². The van der Waals surface area contributed by atoms with Gasteiger partial charge in [0.25, 0.3) is 5.91 Å². The minimum absolute atomic E-state index is 0.0454. The van der Waals surface area contributed by atoms with Gasteiger partial charge in [-0.2, -0.15) is 4.99 Å². The number of fused-ring (bicyclic) bond motifs is 1. The Bertz CT molecular complexity index is 1270. The Morgan fingerprint density at radius 2 is 2.00 bits per heavy atom. The van der Waals surface area contributed by atoms with Gasteiger partial charge in [-0.25, -0.2) is 13.2 Å². The van der Waals surface area contributed by atoms with Crippen LogP contribution >= 0.6 is 23.4 Å². The Hall–Kier alpha value is -2.60. The number of benzene rings is 2. The molecule has 180 valence electrons. The Kier molecular flexibility index (Phi) is 7.17. The molecule has 12 heteroatoms. The first-order chi connectivity index (χ1) is 16.1. The van der Waals surface area contributed by atoms with Gasteiger partial charge in [0.05, 0.1) is 23.2 Å². The Morgan fingerprint density at radius 3 is 2.74 bits per heavy atom. The highest BCUT2D eigenvalue weighted by molar-refractivity contribution is 8.16. The number of rotatable bonds is 7. The Morgan fingerprint density at radius 1 is 1.21 bits per heavy atom. The average molecular weight is 525 g/mol. The van der Waals surface area contributed by atoms with Crippen molar-refractivity contribution in [3.63, 3.8) is 0 Å². The van der Waals surface area contributed by atoms with Crippen molar-refractivity contribution in [1.82, 2.24) is 0 Å². The summed E-state index contributed by atoms with van der Waals surface area (Å²) in [7, 11) is -3.28. The van der Waals surface area contributed by atoms with Gasteiger partial charge in [-0.15, -0.1) is 0 Å². The van der Waals surface area contributed by atoms with Crippen LogP contribution in [0.15, 0.2) is 47.5 Å². The normalized spacial score (nSPS) is 22.1. The molecule has 2 atom stereocenters. The predicted octanol–water partition coefficient (Wildman–Crippen LogP) is 3.14. The van der Waals surface area contributed by atoms with E-state index in [9.17, 15) is 18.0 Å². The van der Waals surface area contributed by atoms with Crippen LogP contribution in [0.4, 0.5) is 5.69 Å². The van der Waals surface area contributed by atoms with Gasteiger partial charge >= 0.3 is 5.97 Å². The molecule has 1 amide bonds. The number of amidine groups is 1. The van der Waals surface area contributed by atoms with Crippen molar-refractivity contribution in [1.29, 1.82) is 0 Å². The van der Waals surface area contributed by atoms with Gasteiger partial charge in [0.2, 0.25) is 0 Å². The van der Waals surface area contributed by atoms with E-state index in [1.54, 1.807) is 29.2 Å². The van der Waals surface area contributed by atoms with E-state index < -0.39 is 41.0 Å². The minimum atomic E-state index is -3.28.